The van der Waals surface area contributed by atoms with Gasteiger partial charge in [0.25, 0.3) is 0 Å². The van der Waals surface area contributed by atoms with E-state index in [2.05, 4.69) is 0 Å². The summed E-state index contributed by atoms with van der Waals surface area (Å²) >= 11 is 11.2. The first-order valence-electron chi connectivity index (χ1n) is 3.27. The fourth-order valence-electron chi connectivity index (χ4n) is 0.893. The van der Waals surface area contributed by atoms with Gasteiger partial charge >= 0.3 is 0 Å². The first-order valence-corrected chi connectivity index (χ1v) is 4.02. The fraction of sp³-hybridized carbons (Fsp3) is 0. The van der Waals surface area contributed by atoms with Crippen LogP contribution in [0.5, 0.6) is 0 Å². The summed E-state index contributed by atoms with van der Waals surface area (Å²) in [5, 5.41) is 0.662. The van der Waals surface area contributed by atoms with Crippen molar-refractivity contribution in [3.8, 4) is 11.5 Å². The van der Waals surface area contributed by atoms with Crippen molar-refractivity contribution in [2.75, 3.05) is 0 Å². The van der Waals surface area contributed by atoms with Crippen LogP contribution in [0, 0.1) is 0 Å². The lowest BCUT2D eigenvalue weighted by atomic mass is 10.3. The van der Waals surface area contributed by atoms with Gasteiger partial charge in [-0.2, -0.15) is 0 Å². The molecule has 0 aliphatic heterocycles. The highest BCUT2D eigenvalue weighted by molar-refractivity contribution is 6.29. The van der Waals surface area contributed by atoms with E-state index in [1.807, 2.05) is 0 Å². The Morgan fingerprint density at radius 1 is 0.750 bits per heavy atom. The summed E-state index contributed by atoms with van der Waals surface area (Å²) < 4.78 is 10.2. The molecule has 0 amide bonds. The van der Waals surface area contributed by atoms with Crippen molar-refractivity contribution in [1.82, 2.24) is 0 Å². The molecule has 0 bridgehead atoms. The van der Waals surface area contributed by atoms with Crippen LogP contribution in [0.25, 0.3) is 11.5 Å². The Balaban J connectivity index is 2.43. The lowest BCUT2D eigenvalue weighted by molar-refractivity contribution is 0.526. The molecule has 12 heavy (non-hydrogen) atoms. The molecular weight excluding hydrogens is 199 g/mol. The Bertz CT molecular complexity index is 351. The van der Waals surface area contributed by atoms with Crippen LogP contribution in [-0.4, -0.2) is 0 Å². The van der Waals surface area contributed by atoms with Gasteiger partial charge in [-0.25, -0.2) is 0 Å². The number of furan rings is 2. The van der Waals surface area contributed by atoms with E-state index in [0.717, 1.165) is 0 Å². The van der Waals surface area contributed by atoms with Crippen molar-refractivity contribution in [2.45, 2.75) is 0 Å². The summed E-state index contributed by atoms with van der Waals surface area (Å²) in [6, 6.07) is 6.73. The van der Waals surface area contributed by atoms with Crippen LogP contribution in [0.1, 0.15) is 0 Å². The molecule has 62 valence electrons. The third kappa shape index (κ3) is 1.36. The smallest absolute Gasteiger partial charge is 0.194 e. The molecular formula is C8H4Cl2O2. The van der Waals surface area contributed by atoms with E-state index in [0.29, 0.717) is 22.0 Å². The summed E-state index contributed by atoms with van der Waals surface area (Å²) in [6.07, 6.45) is 0. The van der Waals surface area contributed by atoms with Crippen LogP contribution in [0.4, 0.5) is 0 Å². The van der Waals surface area contributed by atoms with E-state index >= 15 is 0 Å². The molecule has 0 atom stereocenters. The maximum atomic E-state index is 5.58. The van der Waals surface area contributed by atoms with Crippen molar-refractivity contribution in [1.29, 1.82) is 0 Å². The van der Waals surface area contributed by atoms with Gasteiger partial charge in [0.1, 0.15) is 0 Å². The van der Waals surface area contributed by atoms with Gasteiger partial charge in [0.2, 0.25) is 0 Å². The SMILES string of the molecule is Clc1ccc(-c2ccc(Cl)o2)o1. The van der Waals surface area contributed by atoms with Gasteiger partial charge in [0.15, 0.2) is 22.0 Å². The van der Waals surface area contributed by atoms with E-state index in [4.69, 9.17) is 32.0 Å². The highest BCUT2D eigenvalue weighted by atomic mass is 35.5. The van der Waals surface area contributed by atoms with Crippen LogP contribution < -0.4 is 0 Å². The molecule has 0 spiro atoms. The Labute approximate surface area is 78.7 Å². The number of hydrogen-bond donors (Lipinski definition) is 0. The highest BCUT2D eigenvalue weighted by Crippen LogP contribution is 2.27. The maximum absolute atomic E-state index is 5.58. The third-order valence-corrected chi connectivity index (χ3v) is 1.80. The molecule has 2 nitrogen and oxygen atoms in total. The number of hydrogen-bond acceptors (Lipinski definition) is 2. The minimum Gasteiger partial charge on any atom is -0.441 e. The second-order valence-electron chi connectivity index (χ2n) is 2.21. The van der Waals surface area contributed by atoms with Crippen molar-refractivity contribution in [2.24, 2.45) is 0 Å². The van der Waals surface area contributed by atoms with Gasteiger partial charge in [0.05, 0.1) is 0 Å². The topological polar surface area (TPSA) is 26.3 Å². The number of halogens is 2. The Morgan fingerprint density at radius 2 is 1.17 bits per heavy atom. The first kappa shape index (κ1) is 7.77. The van der Waals surface area contributed by atoms with Crippen LogP contribution in [0.2, 0.25) is 10.4 Å². The molecule has 4 heteroatoms. The molecule has 0 aliphatic carbocycles. The lowest BCUT2D eigenvalue weighted by Crippen LogP contribution is -1.62. The molecule has 0 aromatic carbocycles. The normalized spacial score (nSPS) is 10.5. The Morgan fingerprint density at radius 3 is 1.42 bits per heavy atom. The van der Waals surface area contributed by atoms with Crippen molar-refractivity contribution in [3.05, 3.63) is 34.7 Å². The quantitative estimate of drug-likeness (QED) is 0.703. The predicted octanol–water partition coefficient (Wildman–Crippen LogP) is 3.85. The van der Waals surface area contributed by atoms with E-state index in [-0.39, 0.29) is 0 Å². The van der Waals surface area contributed by atoms with E-state index in [1.165, 1.54) is 0 Å². The zero-order chi connectivity index (χ0) is 8.55. The summed E-state index contributed by atoms with van der Waals surface area (Å²) in [5.74, 6) is 1.15. The summed E-state index contributed by atoms with van der Waals surface area (Å²) in [4.78, 5) is 0. The number of rotatable bonds is 1. The highest BCUT2D eigenvalue weighted by Gasteiger charge is 2.06. The molecule has 0 radical (unpaired) electrons. The van der Waals surface area contributed by atoms with Gasteiger partial charge in [-0.05, 0) is 47.5 Å². The summed E-state index contributed by atoms with van der Waals surface area (Å²) in [6.45, 7) is 0. The molecule has 0 fully saturated rings. The van der Waals surface area contributed by atoms with Gasteiger partial charge in [-0.15, -0.1) is 0 Å². The van der Waals surface area contributed by atoms with Crippen LogP contribution in [0.3, 0.4) is 0 Å². The molecule has 2 heterocycles. The van der Waals surface area contributed by atoms with Gasteiger partial charge in [-0.3, -0.25) is 0 Å². The van der Waals surface area contributed by atoms with Crippen LogP contribution in [-0.2, 0) is 0 Å². The van der Waals surface area contributed by atoms with E-state index < -0.39 is 0 Å². The Kier molecular flexibility index (Phi) is 1.87. The second-order valence-corrected chi connectivity index (χ2v) is 2.95. The zero-order valence-corrected chi connectivity index (χ0v) is 7.39. The first-order chi connectivity index (χ1) is 5.75. The standard InChI is InChI=1S/C8H4Cl2O2/c9-7-3-1-5(11-7)6-2-4-8(10)12-6/h1-4H. The fourth-order valence-corrected chi connectivity index (χ4v) is 1.19. The van der Waals surface area contributed by atoms with Crippen molar-refractivity contribution >= 4 is 23.2 Å². The molecule has 0 saturated heterocycles. The molecule has 0 unspecified atom stereocenters. The minimum absolute atomic E-state index is 0.331. The predicted molar refractivity (Wildman–Crippen MR) is 46.4 cm³/mol. The van der Waals surface area contributed by atoms with E-state index in [9.17, 15) is 0 Å². The molecule has 0 aliphatic rings. The van der Waals surface area contributed by atoms with Gasteiger partial charge in [-0.1, -0.05) is 0 Å². The van der Waals surface area contributed by atoms with E-state index in [1.54, 1.807) is 24.3 Å². The lowest BCUT2D eigenvalue weighted by Gasteiger charge is -1.87. The minimum atomic E-state index is 0.331. The van der Waals surface area contributed by atoms with Crippen molar-refractivity contribution in [3.63, 3.8) is 0 Å². The third-order valence-electron chi connectivity index (χ3n) is 1.39. The van der Waals surface area contributed by atoms with Gasteiger partial charge in [0, 0.05) is 0 Å². The molecule has 2 rings (SSSR count). The summed E-state index contributed by atoms with van der Waals surface area (Å²) in [7, 11) is 0. The molecule has 0 saturated carbocycles. The summed E-state index contributed by atoms with van der Waals surface area (Å²) in [5.41, 5.74) is 0. The van der Waals surface area contributed by atoms with Crippen molar-refractivity contribution < 1.29 is 8.83 Å². The Hall–Kier alpha value is -0.860. The molecule has 0 N–H and O–H groups in total. The zero-order valence-electron chi connectivity index (χ0n) is 5.88. The second kappa shape index (κ2) is 2.88. The van der Waals surface area contributed by atoms with Gasteiger partial charge < -0.3 is 8.83 Å². The average molecular weight is 203 g/mol. The van der Waals surface area contributed by atoms with Crippen LogP contribution in [0.15, 0.2) is 33.1 Å². The molecule has 2 aromatic heterocycles. The average Bonchev–Trinajstić information content (AvgIpc) is 2.58. The monoisotopic (exact) mass is 202 g/mol. The maximum Gasteiger partial charge on any atom is 0.194 e. The van der Waals surface area contributed by atoms with Crippen LogP contribution >= 0.6 is 23.2 Å². The largest absolute Gasteiger partial charge is 0.441 e. The molecule has 2 aromatic rings.